The molecule has 0 amide bonds. The lowest BCUT2D eigenvalue weighted by atomic mass is 10.2. The van der Waals surface area contributed by atoms with E-state index in [1.165, 1.54) is 0 Å². The van der Waals surface area contributed by atoms with Crippen molar-refractivity contribution in [2.45, 2.75) is 6.42 Å². The first-order valence-electron chi connectivity index (χ1n) is 6.47. The number of rotatable bonds is 4. The number of pyridine rings is 1. The number of halogens is 2. The highest BCUT2D eigenvalue weighted by atomic mass is 79.9. The zero-order chi connectivity index (χ0) is 14.8. The van der Waals surface area contributed by atoms with Crippen molar-refractivity contribution in [3.05, 3.63) is 46.8 Å². The van der Waals surface area contributed by atoms with Crippen molar-refractivity contribution in [2.75, 3.05) is 13.0 Å². The molecule has 0 fully saturated rings. The molecule has 108 valence electrons. The average Bonchev–Trinajstić information content (AvgIpc) is 2.84. The number of benzene rings is 1. The zero-order valence-corrected chi connectivity index (χ0v) is 13.7. The first-order valence-corrected chi connectivity index (χ1v) is 7.79. The number of ether oxygens (including phenoxy) is 1. The van der Waals surface area contributed by atoms with Crippen LogP contribution in [0.25, 0.3) is 16.9 Å². The third-order valence-electron chi connectivity index (χ3n) is 3.18. The van der Waals surface area contributed by atoms with Crippen LogP contribution >= 0.6 is 27.5 Å². The van der Waals surface area contributed by atoms with Crippen LogP contribution in [0.2, 0.25) is 0 Å². The molecule has 0 saturated heterocycles. The number of para-hydroxylation sites is 2. The van der Waals surface area contributed by atoms with Crippen molar-refractivity contribution < 1.29 is 4.74 Å². The molecule has 0 N–H and O–H groups in total. The van der Waals surface area contributed by atoms with Crippen LogP contribution in [0, 0.1) is 0 Å². The standard InChI is InChI=1S/C15H13BrClN3O/c1-21-13-5-3-2-4-12(13)20-14(6-7-17)19-11-8-10(16)9-18-15(11)20/h2-5,8-9H,6-7H2,1H3. The van der Waals surface area contributed by atoms with Gasteiger partial charge in [-0.2, -0.15) is 0 Å². The van der Waals surface area contributed by atoms with Gasteiger partial charge in [-0.3, -0.25) is 4.57 Å². The molecule has 4 nitrogen and oxygen atoms in total. The van der Waals surface area contributed by atoms with Crippen molar-refractivity contribution in [1.29, 1.82) is 0 Å². The maximum absolute atomic E-state index is 5.91. The highest BCUT2D eigenvalue weighted by Gasteiger charge is 2.16. The molecule has 0 radical (unpaired) electrons. The molecule has 21 heavy (non-hydrogen) atoms. The Morgan fingerprint density at radius 3 is 2.90 bits per heavy atom. The fourth-order valence-electron chi connectivity index (χ4n) is 2.31. The van der Waals surface area contributed by atoms with Gasteiger partial charge in [0, 0.05) is 23.0 Å². The first-order chi connectivity index (χ1) is 10.2. The van der Waals surface area contributed by atoms with E-state index in [1.54, 1.807) is 13.3 Å². The number of alkyl halides is 1. The van der Waals surface area contributed by atoms with E-state index in [0.29, 0.717) is 12.3 Å². The molecular formula is C15H13BrClN3O. The molecule has 3 rings (SSSR count). The molecule has 3 aromatic rings. The summed E-state index contributed by atoms with van der Waals surface area (Å²) in [6, 6.07) is 9.76. The Kier molecular flexibility index (Phi) is 4.12. The van der Waals surface area contributed by atoms with Crippen LogP contribution in [0.3, 0.4) is 0 Å². The summed E-state index contributed by atoms with van der Waals surface area (Å²) in [7, 11) is 1.66. The lowest BCUT2D eigenvalue weighted by Crippen LogP contribution is -2.04. The summed E-state index contributed by atoms with van der Waals surface area (Å²) in [6.07, 6.45) is 2.42. The van der Waals surface area contributed by atoms with Crippen LogP contribution in [0.15, 0.2) is 41.0 Å². The molecular weight excluding hydrogens is 354 g/mol. The molecule has 0 spiro atoms. The van der Waals surface area contributed by atoms with Gasteiger partial charge in [-0.15, -0.1) is 11.6 Å². The summed E-state index contributed by atoms with van der Waals surface area (Å²) in [5, 5.41) is 0. The monoisotopic (exact) mass is 365 g/mol. The lowest BCUT2D eigenvalue weighted by molar-refractivity contribution is 0.413. The summed E-state index contributed by atoms with van der Waals surface area (Å²) in [5.41, 5.74) is 2.54. The van der Waals surface area contributed by atoms with Crippen LogP contribution in [0.5, 0.6) is 5.75 Å². The first kappa shape index (κ1) is 14.4. The Morgan fingerprint density at radius 2 is 2.14 bits per heavy atom. The van der Waals surface area contributed by atoms with Gasteiger partial charge in [0.15, 0.2) is 5.65 Å². The fraction of sp³-hybridized carbons (Fsp3) is 0.200. The molecule has 6 heteroatoms. The third kappa shape index (κ3) is 2.63. The number of hydrogen-bond acceptors (Lipinski definition) is 3. The second-order valence-corrected chi connectivity index (χ2v) is 5.76. The summed E-state index contributed by atoms with van der Waals surface area (Å²) >= 11 is 9.34. The molecule has 0 atom stereocenters. The van der Waals surface area contributed by atoms with E-state index >= 15 is 0 Å². The zero-order valence-electron chi connectivity index (χ0n) is 11.4. The predicted molar refractivity (Wildman–Crippen MR) is 87.5 cm³/mol. The van der Waals surface area contributed by atoms with Gasteiger partial charge in [-0.25, -0.2) is 9.97 Å². The maximum Gasteiger partial charge on any atom is 0.164 e. The lowest BCUT2D eigenvalue weighted by Gasteiger charge is -2.12. The van der Waals surface area contributed by atoms with Gasteiger partial charge in [0.2, 0.25) is 0 Å². The van der Waals surface area contributed by atoms with Crippen molar-refractivity contribution in [3.8, 4) is 11.4 Å². The van der Waals surface area contributed by atoms with Gasteiger partial charge >= 0.3 is 0 Å². The van der Waals surface area contributed by atoms with Crippen LogP contribution in [-0.2, 0) is 6.42 Å². The largest absolute Gasteiger partial charge is 0.495 e. The summed E-state index contributed by atoms with van der Waals surface area (Å²) < 4.78 is 8.36. The van der Waals surface area contributed by atoms with Gasteiger partial charge in [0.25, 0.3) is 0 Å². The Balaban J connectivity index is 2.31. The van der Waals surface area contributed by atoms with Gasteiger partial charge in [-0.1, -0.05) is 12.1 Å². The normalized spacial score (nSPS) is 11.0. The summed E-state index contributed by atoms with van der Waals surface area (Å²) in [5.74, 6) is 2.15. The van der Waals surface area contributed by atoms with Crippen molar-refractivity contribution in [2.24, 2.45) is 0 Å². The SMILES string of the molecule is COc1ccccc1-n1c(CCCl)nc2cc(Br)cnc21. The van der Waals surface area contributed by atoms with E-state index in [4.69, 9.17) is 16.3 Å². The van der Waals surface area contributed by atoms with E-state index in [2.05, 4.69) is 25.9 Å². The van der Waals surface area contributed by atoms with Crippen LogP contribution < -0.4 is 4.74 Å². The number of imidazole rings is 1. The Hall–Kier alpha value is -1.59. The second kappa shape index (κ2) is 6.03. The molecule has 0 aliphatic carbocycles. The quantitative estimate of drug-likeness (QED) is 0.656. The summed E-state index contributed by atoms with van der Waals surface area (Å²) in [4.78, 5) is 9.14. The van der Waals surface area contributed by atoms with Gasteiger partial charge in [0.1, 0.15) is 17.1 Å². The Morgan fingerprint density at radius 1 is 1.33 bits per heavy atom. The highest BCUT2D eigenvalue weighted by Crippen LogP contribution is 2.28. The predicted octanol–water partition coefficient (Wildman–Crippen LogP) is 3.97. The molecule has 0 unspecified atom stereocenters. The Labute approximate surface area is 135 Å². The number of fused-ring (bicyclic) bond motifs is 1. The third-order valence-corrected chi connectivity index (χ3v) is 3.80. The van der Waals surface area contributed by atoms with Crippen LogP contribution in [-0.4, -0.2) is 27.5 Å². The molecule has 0 bridgehead atoms. The minimum Gasteiger partial charge on any atom is -0.495 e. The van der Waals surface area contributed by atoms with E-state index in [0.717, 1.165) is 32.9 Å². The van der Waals surface area contributed by atoms with Crippen molar-refractivity contribution >= 4 is 38.7 Å². The number of aryl methyl sites for hydroxylation is 1. The number of hydrogen-bond donors (Lipinski definition) is 0. The topological polar surface area (TPSA) is 39.9 Å². The molecule has 2 aromatic heterocycles. The molecule has 0 aliphatic heterocycles. The highest BCUT2D eigenvalue weighted by molar-refractivity contribution is 9.10. The minimum absolute atomic E-state index is 0.500. The smallest absolute Gasteiger partial charge is 0.164 e. The van der Waals surface area contributed by atoms with E-state index in [9.17, 15) is 0 Å². The molecule has 0 aliphatic rings. The number of nitrogens with zero attached hydrogens (tertiary/aromatic N) is 3. The van der Waals surface area contributed by atoms with Crippen molar-refractivity contribution in [1.82, 2.24) is 14.5 Å². The van der Waals surface area contributed by atoms with Gasteiger partial charge in [-0.05, 0) is 34.1 Å². The molecule has 2 heterocycles. The van der Waals surface area contributed by atoms with Crippen LogP contribution in [0.1, 0.15) is 5.82 Å². The molecule has 0 saturated carbocycles. The second-order valence-electron chi connectivity index (χ2n) is 4.47. The van der Waals surface area contributed by atoms with E-state index in [-0.39, 0.29) is 0 Å². The summed E-state index contributed by atoms with van der Waals surface area (Å²) in [6.45, 7) is 0. The van der Waals surface area contributed by atoms with Crippen LogP contribution in [0.4, 0.5) is 0 Å². The van der Waals surface area contributed by atoms with Gasteiger partial charge in [0.05, 0.1) is 12.8 Å². The van der Waals surface area contributed by atoms with Gasteiger partial charge < -0.3 is 4.74 Å². The number of aromatic nitrogens is 3. The Bertz CT molecular complexity index is 788. The van der Waals surface area contributed by atoms with E-state index < -0.39 is 0 Å². The molecule has 1 aromatic carbocycles. The minimum atomic E-state index is 0.500. The maximum atomic E-state index is 5.91. The fourth-order valence-corrected chi connectivity index (χ4v) is 2.80. The average molecular weight is 367 g/mol. The number of methoxy groups -OCH3 is 1. The van der Waals surface area contributed by atoms with Crippen molar-refractivity contribution in [3.63, 3.8) is 0 Å². The van der Waals surface area contributed by atoms with E-state index in [1.807, 2.05) is 34.9 Å².